The molecular formula is C21H24O2. The van der Waals surface area contributed by atoms with Gasteiger partial charge in [-0.2, -0.15) is 0 Å². The van der Waals surface area contributed by atoms with E-state index in [4.69, 9.17) is 4.74 Å². The number of carbonyl (C=O) groups is 1. The third-order valence-electron chi connectivity index (χ3n) is 3.76. The summed E-state index contributed by atoms with van der Waals surface area (Å²) >= 11 is 0. The Bertz CT molecular complexity index is 682. The van der Waals surface area contributed by atoms with Crippen molar-refractivity contribution in [1.82, 2.24) is 0 Å². The molecule has 1 heterocycles. The van der Waals surface area contributed by atoms with Crippen LogP contribution in [0.3, 0.4) is 0 Å². The molecule has 23 heavy (non-hydrogen) atoms. The number of fused-ring (bicyclic) bond motifs is 1. The lowest BCUT2D eigenvalue weighted by atomic mass is 9.91. The minimum atomic E-state index is 0.0989. The Morgan fingerprint density at radius 3 is 2.30 bits per heavy atom. The van der Waals surface area contributed by atoms with Crippen LogP contribution in [0.1, 0.15) is 46.5 Å². The van der Waals surface area contributed by atoms with E-state index in [9.17, 15) is 4.79 Å². The summed E-state index contributed by atoms with van der Waals surface area (Å²) in [6.07, 6.45) is 8.86. The topological polar surface area (TPSA) is 26.3 Å². The number of hydrogen-bond donors (Lipinski definition) is 0. The van der Waals surface area contributed by atoms with Gasteiger partial charge in [0.2, 0.25) is 5.78 Å². The lowest BCUT2D eigenvalue weighted by molar-refractivity contribution is 0.0960. The number of ether oxygens (including phenoxy) is 1. The summed E-state index contributed by atoms with van der Waals surface area (Å²) in [6, 6.07) is 12.3. The minimum absolute atomic E-state index is 0.0989. The molecule has 2 heteroatoms. The first-order valence-corrected chi connectivity index (χ1v) is 7.83. The van der Waals surface area contributed by atoms with Crippen LogP contribution in [-0.4, -0.2) is 12.4 Å². The highest BCUT2D eigenvalue weighted by molar-refractivity contribution is 6.04. The standard InChI is InChI=1S/C17H16O2.C2H6.C2H2/c1-11-8-16-17(15(18)10-19-16)12(2)14(11)9-13-6-4-3-5-7-13;2*1-2/h3-8H,9-10H2,1-2H3;1-2H3;1-2H. The highest BCUT2D eigenvalue weighted by atomic mass is 16.5. The van der Waals surface area contributed by atoms with Gasteiger partial charge in [0.25, 0.3) is 0 Å². The number of hydrogen-bond acceptors (Lipinski definition) is 2. The average Bonchev–Trinajstić information content (AvgIpc) is 2.97. The van der Waals surface area contributed by atoms with Crippen molar-refractivity contribution in [2.45, 2.75) is 34.1 Å². The van der Waals surface area contributed by atoms with Crippen molar-refractivity contribution in [1.29, 1.82) is 0 Å². The fourth-order valence-corrected chi connectivity index (χ4v) is 2.74. The Morgan fingerprint density at radius 1 is 1.09 bits per heavy atom. The van der Waals surface area contributed by atoms with Crippen LogP contribution in [0, 0.1) is 26.7 Å². The quantitative estimate of drug-likeness (QED) is 0.749. The van der Waals surface area contributed by atoms with Crippen LogP contribution in [-0.2, 0) is 6.42 Å². The molecule has 0 unspecified atom stereocenters. The average molecular weight is 308 g/mol. The number of rotatable bonds is 2. The molecule has 0 amide bonds. The zero-order valence-electron chi connectivity index (χ0n) is 14.3. The largest absolute Gasteiger partial charge is 0.485 e. The van der Waals surface area contributed by atoms with Gasteiger partial charge < -0.3 is 4.74 Å². The van der Waals surface area contributed by atoms with Gasteiger partial charge in [-0.05, 0) is 48.6 Å². The maximum atomic E-state index is 11.9. The van der Waals surface area contributed by atoms with Gasteiger partial charge >= 0.3 is 0 Å². The van der Waals surface area contributed by atoms with Gasteiger partial charge in [-0.25, -0.2) is 0 Å². The Kier molecular flexibility index (Phi) is 7.09. The normalized spacial score (nSPS) is 11.3. The van der Waals surface area contributed by atoms with Crippen LogP contribution in [0.15, 0.2) is 36.4 Å². The van der Waals surface area contributed by atoms with Gasteiger partial charge in [-0.3, -0.25) is 4.79 Å². The third kappa shape index (κ3) is 4.02. The second-order valence-electron chi connectivity index (χ2n) is 5.04. The van der Waals surface area contributed by atoms with E-state index in [0.29, 0.717) is 0 Å². The van der Waals surface area contributed by atoms with E-state index < -0.39 is 0 Å². The van der Waals surface area contributed by atoms with Crippen LogP contribution < -0.4 is 4.74 Å². The molecule has 120 valence electrons. The number of carbonyl (C=O) groups excluding carboxylic acids is 1. The van der Waals surface area contributed by atoms with Gasteiger partial charge in [-0.15, -0.1) is 12.8 Å². The number of Topliss-reactive ketones (excluding diaryl/α,β-unsaturated/α-hetero) is 1. The van der Waals surface area contributed by atoms with Crippen LogP contribution >= 0.6 is 0 Å². The maximum absolute atomic E-state index is 11.9. The Balaban J connectivity index is 0.000000615. The third-order valence-corrected chi connectivity index (χ3v) is 3.76. The van der Waals surface area contributed by atoms with Crippen molar-refractivity contribution >= 4 is 5.78 Å². The zero-order valence-corrected chi connectivity index (χ0v) is 14.3. The number of ketones is 1. The number of benzene rings is 2. The molecule has 0 spiro atoms. The summed E-state index contributed by atoms with van der Waals surface area (Å²) in [7, 11) is 0. The molecule has 0 saturated carbocycles. The molecule has 1 aliphatic heterocycles. The lowest BCUT2D eigenvalue weighted by Crippen LogP contribution is -2.03. The monoisotopic (exact) mass is 308 g/mol. The van der Waals surface area contributed by atoms with E-state index in [2.05, 4.69) is 31.9 Å². The first-order chi connectivity index (χ1) is 11.2. The Hall–Kier alpha value is -2.53. The maximum Gasteiger partial charge on any atom is 0.204 e. The van der Waals surface area contributed by atoms with Gasteiger partial charge in [0.1, 0.15) is 5.75 Å². The summed E-state index contributed by atoms with van der Waals surface area (Å²) in [6.45, 7) is 8.29. The van der Waals surface area contributed by atoms with Crippen molar-refractivity contribution in [2.24, 2.45) is 0 Å². The Labute approximate surface area is 139 Å². The van der Waals surface area contributed by atoms with E-state index in [1.54, 1.807) is 0 Å². The molecule has 0 aromatic heterocycles. The van der Waals surface area contributed by atoms with Crippen molar-refractivity contribution in [3.63, 3.8) is 0 Å². The van der Waals surface area contributed by atoms with E-state index in [1.165, 1.54) is 16.7 Å². The van der Waals surface area contributed by atoms with Crippen molar-refractivity contribution in [3.8, 4) is 18.6 Å². The summed E-state index contributed by atoms with van der Waals surface area (Å²) in [5.41, 5.74) is 5.54. The first kappa shape index (κ1) is 18.5. The van der Waals surface area contributed by atoms with Gasteiger partial charge in [-0.1, -0.05) is 44.2 Å². The summed E-state index contributed by atoms with van der Waals surface area (Å²) < 4.78 is 5.43. The van der Waals surface area contributed by atoms with Crippen molar-refractivity contribution in [3.05, 3.63) is 64.2 Å². The molecule has 0 saturated heterocycles. The van der Waals surface area contributed by atoms with Crippen LogP contribution in [0.2, 0.25) is 0 Å². The van der Waals surface area contributed by atoms with Crippen molar-refractivity contribution in [2.75, 3.05) is 6.61 Å². The fraction of sp³-hybridized carbons (Fsp3) is 0.286. The molecule has 0 fully saturated rings. The van der Waals surface area contributed by atoms with E-state index in [0.717, 1.165) is 23.3 Å². The molecule has 2 aromatic carbocycles. The molecule has 0 atom stereocenters. The van der Waals surface area contributed by atoms with Crippen LogP contribution in [0.5, 0.6) is 5.75 Å². The van der Waals surface area contributed by atoms with E-state index >= 15 is 0 Å². The molecule has 0 aliphatic carbocycles. The van der Waals surface area contributed by atoms with E-state index in [1.807, 2.05) is 45.0 Å². The SMILES string of the molecule is C#C.CC.Cc1cc2c(c(C)c1Cc1ccccc1)C(=O)CO2. The highest BCUT2D eigenvalue weighted by Crippen LogP contribution is 2.33. The van der Waals surface area contributed by atoms with Crippen molar-refractivity contribution < 1.29 is 9.53 Å². The molecule has 0 bridgehead atoms. The summed E-state index contributed by atoms with van der Waals surface area (Å²) in [5, 5.41) is 0. The molecular weight excluding hydrogens is 284 g/mol. The van der Waals surface area contributed by atoms with Crippen LogP contribution in [0.4, 0.5) is 0 Å². The molecule has 2 nitrogen and oxygen atoms in total. The second-order valence-corrected chi connectivity index (χ2v) is 5.04. The predicted molar refractivity (Wildman–Crippen MR) is 96.2 cm³/mol. The molecule has 0 N–H and O–H groups in total. The lowest BCUT2D eigenvalue weighted by Gasteiger charge is -2.13. The molecule has 2 aromatic rings. The highest BCUT2D eigenvalue weighted by Gasteiger charge is 2.25. The van der Waals surface area contributed by atoms with Crippen LogP contribution in [0.25, 0.3) is 0 Å². The number of aryl methyl sites for hydroxylation is 1. The van der Waals surface area contributed by atoms with E-state index in [-0.39, 0.29) is 12.4 Å². The zero-order chi connectivity index (χ0) is 17.4. The molecule has 1 aliphatic rings. The molecule has 3 rings (SSSR count). The smallest absolute Gasteiger partial charge is 0.204 e. The summed E-state index contributed by atoms with van der Waals surface area (Å²) in [5.74, 6) is 0.846. The first-order valence-electron chi connectivity index (χ1n) is 7.83. The fourth-order valence-electron chi connectivity index (χ4n) is 2.74. The number of terminal acetylenes is 1. The Morgan fingerprint density at radius 2 is 1.70 bits per heavy atom. The molecule has 0 radical (unpaired) electrons. The second kappa shape index (κ2) is 8.80. The minimum Gasteiger partial charge on any atom is -0.485 e. The summed E-state index contributed by atoms with van der Waals surface area (Å²) in [4.78, 5) is 11.9. The van der Waals surface area contributed by atoms with Gasteiger partial charge in [0, 0.05) is 0 Å². The van der Waals surface area contributed by atoms with Gasteiger partial charge in [0.15, 0.2) is 6.61 Å². The van der Waals surface area contributed by atoms with Gasteiger partial charge in [0.05, 0.1) is 5.56 Å². The predicted octanol–water partition coefficient (Wildman–Crippen LogP) is 4.74.